The Kier molecular flexibility index (Phi) is 3.44. The minimum absolute atomic E-state index is 0.419. The minimum atomic E-state index is 0.419. The molecule has 2 aliphatic rings. The summed E-state index contributed by atoms with van der Waals surface area (Å²) >= 11 is 0. The summed E-state index contributed by atoms with van der Waals surface area (Å²) in [5, 5.41) is 0. The molecular formula is C15H24N2O. The van der Waals surface area contributed by atoms with Gasteiger partial charge < -0.3 is 4.42 Å². The zero-order chi connectivity index (χ0) is 12.5. The maximum Gasteiger partial charge on any atom is 0.121 e. The lowest BCUT2D eigenvalue weighted by Crippen LogP contribution is -2.55. The molecule has 3 rings (SSSR count). The van der Waals surface area contributed by atoms with Gasteiger partial charge >= 0.3 is 0 Å². The van der Waals surface area contributed by atoms with Crippen LogP contribution in [0.2, 0.25) is 0 Å². The number of furan rings is 1. The molecule has 2 atom stereocenters. The molecule has 1 aromatic rings. The quantitative estimate of drug-likeness (QED) is 0.802. The fraction of sp³-hybridized carbons (Fsp3) is 0.733. The SMILES string of the molecule is Cc1ccc(C(C)N2CCN3CCCCC3C2)o1. The van der Waals surface area contributed by atoms with Crippen LogP contribution < -0.4 is 0 Å². The topological polar surface area (TPSA) is 19.6 Å². The summed E-state index contributed by atoms with van der Waals surface area (Å²) in [5.41, 5.74) is 0. The van der Waals surface area contributed by atoms with Crippen molar-refractivity contribution < 1.29 is 4.42 Å². The normalized spacial score (nSPS) is 28.0. The van der Waals surface area contributed by atoms with Gasteiger partial charge in [-0.3, -0.25) is 9.80 Å². The van der Waals surface area contributed by atoms with Crippen LogP contribution in [-0.2, 0) is 0 Å². The fourth-order valence-corrected chi connectivity index (χ4v) is 3.39. The Labute approximate surface area is 110 Å². The van der Waals surface area contributed by atoms with E-state index in [2.05, 4.69) is 28.9 Å². The van der Waals surface area contributed by atoms with Crippen LogP contribution in [-0.4, -0.2) is 42.0 Å². The van der Waals surface area contributed by atoms with Crippen LogP contribution in [0.3, 0.4) is 0 Å². The molecule has 0 saturated carbocycles. The van der Waals surface area contributed by atoms with Gasteiger partial charge in [0.25, 0.3) is 0 Å². The van der Waals surface area contributed by atoms with Crippen LogP contribution in [0, 0.1) is 6.92 Å². The Bertz CT molecular complexity index is 401. The lowest BCUT2D eigenvalue weighted by atomic mass is 9.98. The molecule has 0 N–H and O–H groups in total. The minimum Gasteiger partial charge on any atom is -0.465 e. The zero-order valence-electron chi connectivity index (χ0n) is 11.6. The van der Waals surface area contributed by atoms with Gasteiger partial charge in [-0.25, -0.2) is 0 Å². The Hall–Kier alpha value is -0.800. The molecule has 3 heterocycles. The van der Waals surface area contributed by atoms with Gasteiger partial charge in [-0.05, 0) is 45.4 Å². The van der Waals surface area contributed by atoms with Gasteiger partial charge in [-0.2, -0.15) is 0 Å². The van der Waals surface area contributed by atoms with Crippen LogP contribution in [0.4, 0.5) is 0 Å². The van der Waals surface area contributed by atoms with Crippen molar-refractivity contribution in [3.05, 3.63) is 23.7 Å². The Morgan fingerprint density at radius 2 is 2.11 bits per heavy atom. The van der Waals surface area contributed by atoms with E-state index < -0.39 is 0 Å². The van der Waals surface area contributed by atoms with Gasteiger partial charge in [0, 0.05) is 25.7 Å². The highest BCUT2D eigenvalue weighted by atomic mass is 16.3. The molecule has 2 unspecified atom stereocenters. The highest BCUT2D eigenvalue weighted by molar-refractivity contribution is 5.09. The molecule has 0 aromatic carbocycles. The molecule has 3 heteroatoms. The summed E-state index contributed by atoms with van der Waals surface area (Å²) in [6.45, 7) is 9.23. The van der Waals surface area contributed by atoms with Crippen molar-refractivity contribution in [1.82, 2.24) is 9.80 Å². The van der Waals surface area contributed by atoms with Gasteiger partial charge in [-0.15, -0.1) is 0 Å². The molecule has 2 aliphatic heterocycles. The number of fused-ring (bicyclic) bond motifs is 1. The largest absolute Gasteiger partial charge is 0.465 e. The Morgan fingerprint density at radius 1 is 1.22 bits per heavy atom. The van der Waals surface area contributed by atoms with Gasteiger partial charge in [-0.1, -0.05) is 6.42 Å². The lowest BCUT2D eigenvalue weighted by molar-refractivity contribution is 0.0261. The molecular weight excluding hydrogens is 224 g/mol. The van der Waals surface area contributed by atoms with Crippen molar-refractivity contribution in [2.75, 3.05) is 26.2 Å². The van der Waals surface area contributed by atoms with E-state index in [0.29, 0.717) is 6.04 Å². The van der Waals surface area contributed by atoms with Gasteiger partial charge in [0.1, 0.15) is 11.5 Å². The molecule has 2 fully saturated rings. The van der Waals surface area contributed by atoms with Crippen molar-refractivity contribution in [2.24, 2.45) is 0 Å². The Morgan fingerprint density at radius 3 is 2.89 bits per heavy atom. The summed E-state index contributed by atoms with van der Waals surface area (Å²) in [7, 11) is 0. The molecule has 1 aromatic heterocycles. The van der Waals surface area contributed by atoms with Gasteiger partial charge in [0.2, 0.25) is 0 Å². The molecule has 0 spiro atoms. The number of aryl methyl sites for hydroxylation is 1. The molecule has 0 radical (unpaired) electrons. The van der Waals surface area contributed by atoms with Crippen LogP contribution in [0.15, 0.2) is 16.5 Å². The third-order valence-electron chi connectivity index (χ3n) is 4.59. The van der Waals surface area contributed by atoms with E-state index in [-0.39, 0.29) is 0 Å². The number of piperidine rings is 1. The third kappa shape index (κ3) is 2.34. The van der Waals surface area contributed by atoms with Gasteiger partial charge in [0.05, 0.1) is 6.04 Å². The Balaban J connectivity index is 1.66. The summed E-state index contributed by atoms with van der Waals surface area (Å²) < 4.78 is 5.78. The predicted octanol–water partition coefficient (Wildman–Crippen LogP) is 2.82. The standard InChI is InChI=1S/C15H24N2O/c1-12-6-7-15(18-12)13(2)17-10-9-16-8-4-3-5-14(16)11-17/h6-7,13-14H,3-5,8-11H2,1-2H3. The van der Waals surface area contributed by atoms with E-state index in [1.165, 1.54) is 45.4 Å². The second-order valence-electron chi connectivity index (χ2n) is 5.80. The molecule has 3 nitrogen and oxygen atoms in total. The number of hydrogen-bond acceptors (Lipinski definition) is 3. The van der Waals surface area contributed by atoms with E-state index in [4.69, 9.17) is 4.42 Å². The number of piperazine rings is 1. The third-order valence-corrected chi connectivity index (χ3v) is 4.59. The first-order chi connectivity index (χ1) is 8.74. The van der Waals surface area contributed by atoms with E-state index in [0.717, 1.165) is 17.6 Å². The van der Waals surface area contributed by atoms with Gasteiger partial charge in [0.15, 0.2) is 0 Å². The van der Waals surface area contributed by atoms with Crippen molar-refractivity contribution in [3.8, 4) is 0 Å². The van der Waals surface area contributed by atoms with Crippen molar-refractivity contribution in [3.63, 3.8) is 0 Å². The average molecular weight is 248 g/mol. The fourth-order valence-electron chi connectivity index (χ4n) is 3.39. The second kappa shape index (κ2) is 5.06. The van der Waals surface area contributed by atoms with Crippen LogP contribution in [0.25, 0.3) is 0 Å². The van der Waals surface area contributed by atoms with E-state index in [9.17, 15) is 0 Å². The van der Waals surface area contributed by atoms with Crippen LogP contribution >= 0.6 is 0 Å². The molecule has 100 valence electrons. The molecule has 2 saturated heterocycles. The maximum atomic E-state index is 5.78. The molecule has 0 amide bonds. The number of rotatable bonds is 2. The summed E-state index contributed by atoms with van der Waals surface area (Å²) in [6, 6.07) is 5.41. The van der Waals surface area contributed by atoms with E-state index in [1.54, 1.807) is 0 Å². The monoisotopic (exact) mass is 248 g/mol. The molecule has 0 bridgehead atoms. The van der Waals surface area contributed by atoms with Crippen molar-refractivity contribution >= 4 is 0 Å². The molecule has 0 aliphatic carbocycles. The average Bonchev–Trinajstić information content (AvgIpc) is 2.84. The lowest BCUT2D eigenvalue weighted by Gasteiger charge is -2.45. The first-order valence-corrected chi connectivity index (χ1v) is 7.28. The van der Waals surface area contributed by atoms with E-state index >= 15 is 0 Å². The summed E-state index contributed by atoms with van der Waals surface area (Å²) in [5.74, 6) is 2.14. The van der Waals surface area contributed by atoms with E-state index in [1.807, 2.05) is 6.92 Å². The predicted molar refractivity (Wildman–Crippen MR) is 72.6 cm³/mol. The van der Waals surface area contributed by atoms with Crippen molar-refractivity contribution in [2.45, 2.75) is 45.2 Å². The van der Waals surface area contributed by atoms with Crippen LogP contribution in [0.5, 0.6) is 0 Å². The van der Waals surface area contributed by atoms with Crippen LogP contribution in [0.1, 0.15) is 43.7 Å². The summed E-state index contributed by atoms with van der Waals surface area (Å²) in [6.07, 6.45) is 4.17. The second-order valence-corrected chi connectivity index (χ2v) is 5.80. The highest BCUT2D eigenvalue weighted by Gasteiger charge is 2.31. The zero-order valence-corrected chi connectivity index (χ0v) is 11.6. The molecule has 18 heavy (non-hydrogen) atoms. The maximum absolute atomic E-state index is 5.78. The number of hydrogen-bond donors (Lipinski definition) is 0. The first kappa shape index (κ1) is 12.2. The first-order valence-electron chi connectivity index (χ1n) is 7.28. The smallest absolute Gasteiger partial charge is 0.121 e. The van der Waals surface area contributed by atoms with Crippen molar-refractivity contribution in [1.29, 1.82) is 0 Å². The summed E-state index contributed by atoms with van der Waals surface area (Å²) in [4.78, 5) is 5.27. The highest BCUT2D eigenvalue weighted by Crippen LogP contribution is 2.28. The number of nitrogens with zero attached hydrogens (tertiary/aromatic N) is 2.